The van der Waals surface area contributed by atoms with E-state index in [-0.39, 0.29) is 10.9 Å². The Morgan fingerprint density at radius 3 is 2.50 bits per heavy atom. The zero-order valence-corrected chi connectivity index (χ0v) is 13.8. The highest BCUT2D eigenvalue weighted by molar-refractivity contribution is 9.10. The summed E-state index contributed by atoms with van der Waals surface area (Å²) in [5.74, 6) is 0.361. The summed E-state index contributed by atoms with van der Waals surface area (Å²) in [5, 5.41) is 0. The largest absolute Gasteiger partial charge is 0.244 e. The zero-order valence-electron chi connectivity index (χ0n) is 10.7. The van der Waals surface area contributed by atoms with E-state index < -0.39 is 10.0 Å². The van der Waals surface area contributed by atoms with Gasteiger partial charge in [-0.25, -0.2) is 8.42 Å². The van der Waals surface area contributed by atoms with Gasteiger partial charge in [0.25, 0.3) is 0 Å². The molecule has 0 aliphatic heterocycles. The van der Waals surface area contributed by atoms with Crippen molar-refractivity contribution in [3.05, 3.63) is 28.2 Å². The van der Waals surface area contributed by atoms with Gasteiger partial charge in [-0.05, 0) is 47.0 Å². The molecular weight excluding hydrogens is 338 g/mol. The molecule has 0 aromatic heterocycles. The lowest BCUT2D eigenvalue weighted by Crippen LogP contribution is -2.34. The van der Waals surface area contributed by atoms with Gasteiger partial charge in [-0.1, -0.05) is 13.0 Å². The molecule has 0 N–H and O–H groups in total. The predicted molar refractivity (Wildman–Crippen MR) is 78.4 cm³/mol. The van der Waals surface area contributed by atoms with Gasteiger partial charge in [0, 0.05) is 23.4 Å². The van der Waals surface area contributed by atoms with Crippen LogP contribution in [0.3, 0.4) is 0 Å². The van der Waals surface area contributed by atoms with E-state index in [1.807, 2.05) is 13.8 Å². The Morgan fingerprint density at radius 1 is 1.44 bits per heavy atom. The van der Waals surface area contributed by atoms with E-state index in [0.717, 1.165) is 12.0 Å². The van der Waals surface area contributed by atoms with Gasteiger partial charge < -0.3 is 0 Å². The van der Waals surface area contributed by atoms with Crippen LogP contribution in [0.5, 0.6) is 0 Å². The summed E-state index contributed by atoms with van der Waals surface area (Å²) in [6.45, 7) is 3.85. The van der Waals surface area contributed by atoms with Crippen molar-refractivity contribution in [2.24, 2.45) is 0 Å². The molecule has 0 saturated heterocycles. The van der Waals surface area contributed by atoms with E-state index >= 15 is 0 Å². The van der Waals surface area contributed by atoms with Crippen LogP contribution < -0.4 is 0 Å². The number of alkyl halides is 1. The van der Waals surface area contributed by atoms with E-state index in [9.17, 15) is 8.42 Å². The van der Waals surface area contributed by atoms with Gasteiger partial charge in [0.05, 0.1) is 4.90 Å². The minimum atomic E-state index is -3.46. The summed E-state index contributed by atoms with van der Waals surface area (Å²) in [4.78, 5) is 0.277. The van der Waals surface area contributed by atoms with Crippen LogP contribution in [0.25, 0.3) is 0 Å². The lowest BCUT2D eigenvalue weighted by Gasteiger charge is -2.23. The van der Waals surface area contributed by atoms with Crippen LogP contribution in [-0.2, 0) is 15.9 Å². The standard InChI is InChI=1S/C12H17BrClNO2S/c1-4-9(2)15(3)18(16,17)12-6-5-10(8-14)7-11(12)13/h5-7,9H,4,8H2,1-3H3. The summed E-state index contributed by atoms with van der Waals surface area (Å²) in [6.07, 6.45) is 0.771. The van der Waals surface area contributed by atoms with Crippen LogP contribution in [0, 0.1) is 0 Å². The van der Waals surface area contributed by atoms with Crippen LogP contribution in [0.15, 0.2) is 27.6 Å². The second-order valence-corrected chi connectivity index (χ2v) is 7.26. The van der Waals surface area contributed by atoms with Crippen LogP contribution in [-0.4, -0.2) is 25.8 Å². The molecule has 1 rings (SSSR count). The van der Waals surface area contributed by atoms with Gasteiger partial charge >= 0.3 is 0 Å². The molecule has 1 unspecified atom stereocenters. The summed E-state index contributed by atoms with van der Waals surface area (Å²) in [6, 6.07) is 5.03. The molecule has 1 aromatic carbocycles. The monoisotopic (exact) mass is 353 g/mol. The lowest BCUT2D eigenvalue weighted by molar-refractivity contribution is 0.380. The topological polar surface area (TPSA) is 37.4 Å². The maximum absolute atomic E-state index is 12.4. The molecule has 102 valence electrons. The third kappa shape index (κ3) is 3.26. The Hall–Kier alpha value is -0.100. The van der Waals surface area contributed by atoms with Gasteiger partial charge in [0.2, 0.25) is 10.0 Å². The lowest BCUT2D eigenvalue weighted by atomic mass is 10.2. The number of nitrogens with zero attached hydrogens (tertiary/aromatic N) is 1. The average Bonchev–Trinajstić information content (AvgIpc) is 2.36. The fourth-order valence-corrected chi connectivity index (χ4v) is 4.17. The zero-order chi connectivity index (χ0) is 13.9. The molecule has 6 heteroatoms. The van der Waals surface area contributed by atoms with Gasteiger partial charge in [-0.2, -0.15) is 4.31 Å². The van der Waals surface area contributed by atoms with Crippen molar-refractivity contribution < 1.29 is 8.42 Å². The molecule has 1 atom stereocenters. The minimum Gasteiger partial charge on any atom is -0.207 e. The first-order valence-electron chi connectivity index (χ1n) is 5.67. The second-order valence-electron chi connectivity index (χ2n) is 4.18. The molecule has 0 fully saturated rings. The van der Waals surface area contributed by atoms with E-state index in [1.54, 1.807) is 25.2 Å². The van der Waals surface area contributed by atoms with Crippen LogP contribution >= 0.6 is 27.5 Å². The van der Waals surface area contributed by atoms with Crippen molar-refractivity contribution in [2.75, 3.05) is 7.05 Å². The summed E-state index contributed by atoms with van der Waals surface area (Å²) in [5.41, 5.74) is 0.883. The van der Waals surface area contributed by atoms with Crippen molar-refractivity contribution in [3.8, 4) is 0 Å². The third-order valence-electron chi connectivity index (χ3n) is 3.02. The van der Waals surface area contributed by atoms with Crippen LogP contribution in [0.4, 0.5) is 0 Å². The molecular formula is C12H17BrClNO2S. The first-order chi connectivity index (χ1) is 8.34. The Kier molecular flexibility index (Phi) is 5.65. The molecule has 0 aliphatic carbocycles. The normalized spacial score (nSPS) is 13.9. The maximum atomic E-state index is 12.4. The number of benzene rings is 1. The van der Waals surface area contributed by atoms with Crippen molar-refractivity contribution in [2.45, 2.75) is 37.1 Å². The molecule has 0 saturated carbocycles. The summed E-state index contributed by atoms with van der Waals surface area (Å²) >= 11 is 9.02. The molecule has 3 nitrogen and oxygen atoms in total. The van der Waals surface area contributed by atoms with Crippen molar-refractivity contribution >= 4 is 37.6 Å². The molecule has 0 spiro atoms. The predicted octanol–water partition coefficient (Wildman–Crippen LogP) is 3.61. The van der Waals surface area contributed by atoms with E-state index in [4.69, 9.17) is 11.6 Å². The summed E-state index contributed by atoms with van der Waals surface area (Å²) < 4.78 is 26.8. The number of halogens is 2. The highest BCUT2D eigenvalue weighted by Crippen LogP contribution is 2.27. The van der Waals surface area contributed by atoms with E-state index in [0.29, 0.717) is 10.4 Å². The quantitative estimate of drug-likeness (QED) is 0.758. The van der Waals surface area contributed by atoms with Crippen molar-refractivity contribution in [3.63, 3.8) is 0 Å². The Labute approximate surface area is 122 Å². The molecule has 0 aliphatic rings. The fraction of sp³-hybridized carbons (Fsp3) is 0.500. The highest BCUT2D eigenvalue weighted by atomic mass is 79.9. The first kappa shape index (κ1) is 16.0. The minimum absolute atomic E-state index is 0.0328. The van der Waals surface area contributed by atoms with E-state index in [2.05, 4.69) is 15.9 Å². The van der Waals surface area contributed by atoms with Crippen molar-refractivity contribution in [1.29, 1.82) is 0 Å². The highest BCUT2D eigenvalue weighted by Gasteiger charge is 2.26. The number of sulfonamides is 1. The van der Waals surface area contributed by atoms with Crippen molar-refractivity contribution in [1.82, 2.24) is 4.31 Å². The number of rotatable bonds is 5. The SMILES string of the molecule is CCC(C)N(C)S(=O)(=O)c1ccc(CCl)cc1Br. The van der Waals surface area contributed by atoms with Gasteiger partial charge in [-0.3, -0.25) is 0 Å². The average molecular weight is 355 g/mol. The van der Waals surface area contributed by atoms with Gasteiger partial charge in [0.1, 0.15) is 0 Å². The fourth-order valence-electron chi connectivity index (χ4n) is 1.49. The number of hydrogen-bond acceptors (Lipinski definition) is 2. The summed E-state index contributed by atoms with van der Waals surface area (Å²) in [7, 11) is -1.86. The number of hydrogen-bond donors (Lipinski definition) is 0. The van der Waals surface area contributed by atoms with Gasteiger partial charge in [-0.15, -0.1) is 11.6 Å². The molecule has 0 radical (unpaired) electrons. The maximum Gasteiger partial charge on any atom is 0.244 e. The molecule has 0 bridgehead atoms. The van der Waals surface area contributed by atoms with Gasteiger partial charge in [0.15, 0.2) is 0 Å². The Morgan fingerprint density at radius 2 is 2.06 bits per heavy atom. The Bertz CT molecular complexity index is 519. The van der Waals surface area contributed by atoms with Crippen LogP contribution in [0.2, 0.25) is 0 Å². The molecule has 0 amide bonds. The third-order valence-corrected chi connectivity index (χ3v) is 6.28. The molecule has 18 heavy (non-hydrogen) atoms. The van der Waals surface area contributed by atoms with Crippen LogP contribution in [0.1, 0.15) is 25.8 Å². The van der Waals surface area contributed by atoms with E-state index in [1.165, 1.54) is 4.31 Å². The smallest absolute Gasteiger partial charge is 0.207 e. The molecule has 1 aromatic rings. The second kappa shape index (κ2) is 6.37. The Balaban J connectivity index is 3.21. The molecule has 0 heterocycles. The first-order valence-corrected chi connectivity index (χ1v) is 8.43.